The van der Waals surface area contributed by atoms with Gasteiger partial charge in [-0.1, -0.05) is 6.07 Å². The molecule has 2 N–H and O–H groups in total. The molecule has 0 aliphatic carbocycles. The Morgan fingerprint density at radius 2 is 1.86 bits per heavy atom. The third kappa shape index (κ3) is 3.94. The standard InChI is InChI=1S/C16H15F2NO3/c1-2-22-15-5-10(3-4-14(15)20)9-19-16(21)11-6-12(17)8-13(18)7-11/h3-8,20H,2,9H2,1H3,(H,19,21). The smallest absolute Gasteiger partial charge is 0.251 e. The average molecular weight is 307 g/mol. The average Bonchev–Trinajstić information content (AvgIpc) is 2.47. The molecule has 0 atom stereocenters. The van der Waals surface area contributed by atoms with Crippen LogP contribution in [0.25, 0.3) is 0 Å². The molecule has 0 aromatic heterocycles. The molecule has 2 aromatic rings. The summed E-state index contributed by atoms with van der Waals surface area (Å²) in [5.74, 6) is -1.90. The van der Waals surface area contributed by atoms with Gasteiger partial charge in [-0.15, -0.1) is 0 Å². The summed E-state index contributed by atoms with van der Waals surface area (Å²) in [7, 11) is 0. The third-order valence-corrected chi connectivity index (χ3v) is 2.90. The molecule has 0 fully saturated rings. The van der Waals surface area contributed by atoms with E-state index in [1.807, 2.05) is 0 Å². The number of phenols is 1. The summed E-state index contributed by atoms with van der Waals surface area (Å²) < 4.78 is 31.4. The van der Waals surface area contributed by atoms with Crippen molar-refractivity contribution in [3.8, 4) is 11.5 Å². The second-order valence-corrected chi connectivity index (χ2v) is 4.58. The third-order valence-electron chi connectivity index (χ3n) is 2.90. The molecule has 2 rings (SSSR count). The summed E-state index contributed by atoms with van der Waals surface area (Å²) >= 11 is 0. The van der Waals surface area contributed by atoms with Crippen molar-refractivity contribution in [1.29, 1.82) is 0 Å². The highest BCUT2D eigenvalue weighted by Gasteiger charge is 2.10. The van der Waals surface area contributed by atoms with Gasteiger partial charge < -0.3 is 15.2 Å². The minimum absolute atomic E-state index is 0.00382. The lowest BCUT2D eigenvalue weighted by Crippen LogP contribution is -2.23. The van der Waals surface area contributed by atoms with E-state index < -0.39 is 17.5 Å². The molecule has 0 bridgehead atoms. The number of rotatable bonds is 5. The maximum atomic E-state index is 13.1. The number of nitrogens with one attached hydrogen (secondary N) is 1. The van der Waals surface area contributed by atoms with Gasteiger partial charge in [0.1, 0.15) is 11.6 Å². The molecule has 4 nitrogen and oxygen atoms in total. The van der Waals surface area contributed by atoms with Crippen molar-refractivity contribution in [2.45, 2.75) is 13.5 Å². The van der Waals surface area contributed by atoms with E-state index in [0.29, 0.717) is 24.0 Å². The number of aromatic hydroxyl groups is 1. The Labute approximate surface area is 126 Å². The van der Waals surface area contributed by atoms with Crippen LogP contribution in [-0.2, 0) is 6.54 Å². The molecule has 0 unspecified atom stereocenters. The first kappa shape index (κ1) is 15.8. The molecular formula is C16H15F2NO3. The minimum atomic E-state index is -0.812. The second-order valence-electron chi connectivity index (χ2n) is 4.58. The van der Waals surface area contributed by atoms with Crippen molar-refractivity contribution < 1.29 is 23.4 Å². The van der Waals surface area contributed by atoms with Crippen molar-refractivity contribution >= 4 is 5.91 Å². The lowest BCUT2D eigenvalue weighted by Gasteiger charge is -2.09. The van der Waals surface area contributed by atoms with Gasteiger partial charge in [0.15, 0.2) is 11.5 Å². The van der Waals surface area contributed by atoms with Crippen molar-refractivity contribution in [2.75, 3.05) is 6.61 Å². The molecule has 0 heterocycles. The molecule has 116 valence electrons. The fourth-order valence-electron chi connectivity index (χ4n) is 1.91. The predicted molar refractivity (Wildman–Crippen MR) is 76.8 cm³/mol. The molecule has 0 aliphatic rings. The van der Waals surface area contributed by atoms with Crippen LogP contribution in [0.3, 0.4) is 0 Å². The summed E-state index contributed by atoms with van der Waals surface area (Å²) in [6.45, 7) is 2.32. The number of hydrogen-bond acceptors (Lipinski definition) is 3. The molecule has 1 amide bonds. The van der Waals surface area contributed by atoms with Crippen LogP contribution in [0.4, 0.5) is 8.78 Å². The van der Waals surface area contributed by atoms with Crippen LogP contribution >= 0.6 is 0 Å². The minimum Gasteiger partial charge on any atom is -0.504 e. The Bertz CT molecular complexity index is 669. The van der Waals surface area contributed by atoms with Gasteiger partial charge in [-0.3, -0.25) is 4.79 Å². The van der Waals surface area contributed by atoms with E-state index in [4.69, 9.17) is 4.74 Å². The summed E-state index contributed by atoms with van der Waals surface area (Å²) in [6.07, 6.45) is 0. The number of carbonyl (C=O) groups excluding carboxylic acids is 1. The summed E-state index contributed by atoms with van der Waals surface area (Å²) in [5.41, 5.74) is 0.591. The zero-order valence-electron chi connectivity index (χ0n) is 11.9. The van der Waals surface area contributed by atoms with Crippen molar-refractivity contribution in [3.63, 3.8) is 0 Å². The molecule has 6 heteroatoms. The Hall–Kier alpha value is -2.63. The van der Waals surface area contributed by atoms with Gasteiger partial charge in [-0.25, -0.2) is 8.78 Å². The van der Waals surface area contributed by atoms with Crippen LogP contribution in [-0.4, -0.2) is 17.6 Å². The first-order valence-electron chi connectivity index (χ1n) is 6.68. The normalized spacial score (nSPS) is 10.3. The Kier molecular flexibility index (Phi) is 4.93. The number of benzene rings is 2. The molecule has 0 aliphatic heterocycles. The number of phenolic OH excluding ortho intramolecular Hbond substituents is 1. The molecule has 0 radical (unpaired) electrons. The van der Waals surface area contributed by atoms with Gasteiger partial charge in [0.25, 0.3) is 5.91 Å². The van der Waals surface area contributed by atoms with Crippen LogP contribution in [0.1, 0.15) is 22.8 Å². The molecule has 22 heavy (non-hydrogen) atoms. The largest absolute Gasteiger partial charge is 0.504 e. The highest BCUT2D eigenvalue weighted by molar-refractivity contribution is 5.94. The van der Waals surface area contributed by atoms with E-state index >= 15 is 0 Å². The topological polar surface area (TPSA) is 58.6 Å². The first-order valence-corrected chi connectivity index (χ1v) is 6.68. The van der Waals surface area contributed by atoms with E-state index in [-0.39, 0.29) is 17.9 Å². The van der Waals surface area contributed by atoms with Crippen LogP contribution in [0.2, 0.25) is 0 Å². The van der Waals surface area contributed by atoms with Crippen molar-refractivity contribution in [2.24, 2.45) is 0 Å². The monoisotopic (exact) mass is 307 g/mol. The van der Waals surface area contributed by atoms with Gasteiger partial charge in [0, 0.05) is 18.2 Å². The van der Waals surface area contributed by atoms with Crippen molar-refractivity contribution in [3.05, 3.63) is 59.2 Å². The molecule has 2 aromatic carbocycles. The maximum absolute atomic E-state index is 13.1. The number of halogens is 2. The number of hydrogen-bond donors (Lipinski definition) is 2. The number of ether oxygens (including phenoxy) is 1. The first-order chi connectivity index (χ1) is 10.5. The molecule has 0 saturated heterocycles. The second kappa shape index (κ2) is 6.89. The lowest BCUT2D eigenvalue weighted by atomic mass is 10.1. The molecular weight excluding hydrogens is 292 g/mol. The van der Waals surface area contributed by atoms with Gasteiger partial charge in [-0.05, 0) is 36.8 Å². The zero-order chi connectivity index (χ0) is 16.1. The zero-order valence-corrected chi connectivity index (χ0v) is 11.9. The fourth-order valence-corrected chi connectivity index (χ4v) is 1.91. The molecule has 0 saturated carbocycles. The van der Waals surface area contributed by atoms with Crippen LogP contribution < -0.4 is 10.1 Å². The predicted octanol–water partition coefficient (Wildman–Crippen LogP) is 3.00. The maximum Gasteiger partial charge on any atom is 0.251 e. The van der Waals surface area contributed by atoms with E-state index in [1.165, 1.54) is 6.07 Å². The van der Waals surface area contributed by atoms with Crippen LogP contribution in [0.15, 0.2) is 36.4 Å². The summed E-state index contributed by atoms with van der Waals surface area (Å²) in [4.78, 5) is 11.9. The van der Waals surface area contributed by atoms with Crippen LogP contribution in [0, 0.1) is 11.6 Å². The van der Waals surface area contributed by atoms with E-state index in [2.05, 4.69) is 5.32 Å². The van der Waals surface area contributed by atoms with Crippen LogP contribution in [0.5, 0.6) is 11.5 Å². The number of amides is 1. The Balaban J connectivity index is 2.06. The van der Waals surface area contributed by atoms with Crippen molar-refractivity contribution in [1.82, 2.24) is 5.32 Å². The molecule has 0 spiro atoms. The Morgan fingerprint density at radius 1 is 1.18 bits per heavy atom. The van der Waals surface area contributed by atoms with Gasteiger partial charge in [0.05, 0.1) is 6.61 Å². The quantitative estimate of drug-likeness (QED) is 0.893. The lowest BCUT2D eigenvalue weighted by molar-refractivity contribution is 0.0950. The van der Waals surface area contributed by atoms with E-state index in [1.54, 1.807) is 19.1 Å². The summed E-state index contributed by atoms with van der Waals surface area (Å²) in [6, 6.07) is 7.27. The highest BCUT2D eigenvalue weighted by Crippen LogP contribution is 2.26. The van der Waals surface area contributed by atoms with Gasteiger partial charge >= 0.3 is 0 Å². The van der Waals surface area contributed by atoms with E-state index in [9.17, 15) is 18.7 Å². The SMILES string of the molecule is CCOc1cc(CNC(=O)c2cc(F)cc(F)c2)ccc1O. The summed E-state index contributed by atoms with van der Waals surface area (Å²) in [5, 5.41) is 12.1. The Morgan fingerprint density at radius 3 is 2.50 bits per heavy atom. The van der Waals surface area contributed by atoms with Gasteiger partial charge in [0.2, 0.25) is 0 Å². The number of carbonyl (C=O) groups is 1. The van der Waals surface area contributed by atoms with E-state index in [0.717, 1.165) is 12.1 Å². The van der Waals surface area contributed by atoms with Gasteiger partial charge in [-0.2, -0.15) is 0 Å². The highest BCUT2D eigenvalue weighted by atomic mass is 19.1. The fraction of sp³-hybridized carbons (Fsp3) is 0.188.